The van der Waals surface area contributed by atoms with Crippen LogP contribution < -0.4 is 0 Å². The average Bonchev–Trinajstić information content (AvgIpc) is 2.59. The van der Waals surface area contributed by atoms with Gasteiger partial charge in [-0.25, -0.2) is 0 Å². The van der Waals surface area contributed by atoms with Crippen LogP contribution in [0.2, 0.25) is 0 Å². The Kier molecular flexibility index (Phi) is 4.95. The first-order valence-corrected chi connectivity index (χ1v) is 6.82. The lowest BCUT2D eigenvalue weighted by atomic mass is 10.2. The molecule has 0 spiro atoms. The molecular weight excluding hydrogens is 290 g/mol. The topological polar surface area (TPSA) is 40.5 Å². The van der Waals surface area contributed by atoms with Crippen molar-refractivity contribution in [1.82, 2.24) is 4.90 Å². The Morgan fingerprint density at radius 1 is 1.56 bits per heavy atom. The van der Waals surface area contributed by atoms with Gasteiger partial charge >= 0.3 is 0 Å². The molecule has 0 aliphatic carbocycles. The minimum absolute atomic E-state index is 0.0298. The molecule has 1 aromatic rings. The Morgan fingerprint density at radius 2 is 2.19 bits per heavy atom. The second kappa shape index (κ2) is 5.80. The highest BCUT2D eigenvalue weighted by Gasteiger charge is 2.22. The fourth-order valence-corrected chi connectivity index (χ4v) is 2.89. The van der Waals surface area contributed by atoms with Crippen LogP contribution >= 0.6 is 27.3 Å². The SMILES string of the molecule is CC(O)CN(C(=O)c1sccc1Br)C(C)C. The minimum Gasteiger partial charge on any atom is -0.392 e. The van der Waals surface area contributed by atoms with Crippen molar-refractivity contribution < 1.29 is 9.90 Å². The number of aliphatic hydroxyl groups is 1. The highest BCUT2D eigenvalue weighted by molar-refractivity contribution is 9.10. The molecule has 0 fully saturated rings. The van der Waals surface area contributed by atoms with Gasteiger partial charge in [-0.15, -0.1) is 11.3 Å². The predicted molar refractivity (Wildman–Crippen MR) is 69.9 cm³/mol. The van der Waals surface area contributed by atoms with Gasteiger partial charge in [-0.05, 0) is 48.1 Å². The average molecular weight is 306 g/mol. The number of hydrogen-bond donors (Lipinski definition) is 1. The molecule has 1 atom stereocenters. The molecule has 0 bridgehead atoms. The Morgan fingerprint density at radius 3 is 2.56 bits per heavy atom. The van der Waals surface area contributed by atoms with Crippen molar-refractivity contribution in [1.29, 1.82) is 0 Å². The highest BCUT2D eigenvalue weighted by Crippen LogP contribution is 2.25. The van der Waals surface area contributed by atoms with Gasteiger partial charge in [0.2, 0.25) is 0 Å². The van der Waals surface area contributed by atoms with Crippen molar-refractivity contribution in [2.24, 2.45) is 0 Å². The number of hydrogen-bond acceptors (Lipinski definition) is 3. The standard InChI is InChI=1S/C11H16BrNO2S/c1-7(2)13(6-8(3)14)11(15)10-9(12)4-5-16-10/h4-5,7-8,14H,6H2,1-3H3. The molecule has 5 heteroatoms. The molecule has 0 saturated carbocycles. The Labute approximate surface area is 108 Å². The number of rotatable bonds is 4. The number of amides is 1. The molecule has 0 saturated heterocycles. The summed E-state index contributed by atoms with van der Waals surface area (Å²) >= 11 is 4.76. The number of carbonyl (C=O) groups is 1. The molecule has 0 aromatic carbocycles. The summed E-state index contributed by atoms with van der Waals surface area (Å²) < 4.78 is 0.818. The van der Waals surface area contributed by atoms with Crippen molar-refractivity contribution in [3.63, 3.8) is 0 Å². The van der Waals surface area contributed by atoms with Crippen LogP contribution in [0, 0.1) is 0 Å². The first-order valence-electron chi connectivity index (χ1n) is 5.15. The summed E-state index contributed by atoms with van der Waals surface area (Å²) in [5.41, 5.74) is 0. The Balaban J connectivity index is 2.88. The van der Waals surface area contributed by atoms with Crippen LogP contribution in [-0.2, 0) is 0 Å². The van der Waals surface area contributed by atoms with E-state index in [4.69, 9.17) is 0 Å². The van der Waals surface area contributed by atoms with Crippen LogP contribution in [0.4, 0.5) is 0 Å². The maximum absolute atomic E-state index is 12.2. The van der Waals surface area contributed by atoms with E-state index in [0.717, 1.165) is 4.47 Å². The lowest BCUT2D eigenvalue weighted by molar-refractivity contribution is 0.0582. The van der Waals surface area contributed by atoms with Gasteiger partial charge in [0.15, 0.2) is 0 Å². The normalized spacial score (nSPS) is 12.9. The first-order chi connectivity index (χ1) is 7.43. The molecule has 0 aliphatic rings. The van der Waals surface area contributed by atoms with Crippen LogP contribution in [-0.4, -0.2) is 34.6 Å². The van der Waals surface area contributed by atoms with Gasteiger partial charge in [-0.2, -0.15) is 0 Å². The number of thiophene rings is 1. The van der Waals surface area contributed by atoms with Gasteiger partial charge in [0, 0.05) is 17.1 Å². The van der Waals surface area contributed by atoms with E-state index in [9.17, 15) is 9.90 Å². The van der Waals surface area contributed by atoms with E-state index in [1.165, 1.54) is 11.3 Å². The zero-order chi connectivity index (χ0) is 12.3. The number of carbonyl (C=O) groups excluding carboxylic acids is 1. The maximum Gasteiger partial charge on any atom is 0.265 e. The number of nitrogens with zero attached hydrogens (tertiary/aromatic N) is 1. The largest absolute Gasteiger partial charge is 0.392 e. The van der Waals surface area contributed by atoms with Crippen LogP contribution in [0.1, 0.15) is 30.4 Å². The smallest absolute Gasteiger partial charge is 0.265 e. The van der Waals surface area contributed by atoms with Crippen LogP contribution in [0.3, 0.4) is 0 Å². The molecule has 90 valence electrons. The van der Waals surface area contributed by atoms with Crippen molar-refractivity contribution in [3.05, 3.63) is 20.8 Å². The number of halogens is 1. The molecule has 0 radical (unpaired) electrons. The Bertz CT molecular complexity index is 363. The van der Waals surface area contributed by atoms with Crippen LogP contribution in [0.5, 0.6) is 0 Å². The molecule has 1 unspecified atom stereocenters. The summed E-state index contributed by atoms with van der Waals surface area (Å²) in [5, 5.41) is 11.3. The van der Waals surface area contributed by atoms with E-state index in [1.807, 2.05) is 25.3 Å². The van der Waals surface area contributed by atoms with Crippen molar-refractivity contribution in [2.75, 3.05) is 6.54 Å². The number of aliphatic hydroxyl groups excluding tert-OH is 1. The van der Waals surface area contributed by atoms with Gasteiger partial charge in [0.05, 0.1) is 6.10 Å². The second-order valence-corrected chi connectivity index (χ2v) is 5.77. The third-order valence-electron chi connectivity index (χ3n) is 2.16. The van der Waals surface area contributed by atoms with Crippen LogP contribution in [0.15, 0.2) is 15.9 Å². The van der Waals surface area contributed by atoms with E-state index in [2.05, 4.69) is 15.9 Å². The fraction of sp³-hybridized carbons (Fsp3) is 0.545. The lowest BCUT2D eigenvalue weighted by Gasteiger charge is -2.27. The van der Waals surface area contributed by atoms with Gasteiger partial charge in [0.25, 0.3) is 5.91 Å². The summed E-state index contributed by atoms with van der Waals surface area (Å²) in [7, 11) is 0. The Hall–Kier alpha value is -0.390. The predicted octanol–water partition coefficient (Wildman–Crippen LogP) is 2.74. The molecule has 1 N–H and O–H groups in total. The summed E-state index contributed by atoms with van der Waals surface area (Å²) in [6, 6.07) is 1.94. The van der Waals surface area contributed by atoms with Gasteiger partial charge in [0.1, 0.15) is 4.88 Å². The summed E-state index contributed by atoms with van der Waals surface area (Å²) in [4.78, 5) is 14.6. The van der Waals surface area contributed by atoms with Gasteiger partial charge in [-0.3, -0.25) is 4.79 Å². The summed E-state index contributed by atoms with van der Waals surface area (Å²) in [6.45, 7) is 5.94. The van der Waals surface area contributed by atoms with Crippen molar-refractivity contribution >= 4 is 33.2 Å². The quantitative estimate of drug-likeness (QED) is 0.929. The molecule has 1 rings (SSSR count). The van der Waals surface area contributed by atoms with E-state index in [1.54, 1.807) is 11.8 Å². The fourth-order valence-electron chi connectivity index (χ4n) is 1.39. The first kappa shape index (κ1) is 13.7. The molecule has 16 heavy (non-hydrogen) atoms. The molecule has 1 amide bonds. The van der Waals surface area contributed by atoms with Gasteiger partial charge in [-0.1, -0.05) is 0 Å². The van der Waals surface area contributed by atoms with Crippen LogP contribution in [0.25, 0.3) is 0 Å². The van der Waals surface area contributed by atoms with E-state index in [0.29, 0.717) is 11.4 Å². The molecule has 1 heterocycles. The third-order valence-corrected chi connectivity index (χ3v) is 3.98. The zero-order valence-electron chi connectivity index (χ0n) is 9.61. The summed E-state index contributed by atoms with van der Waals surface area (Å²) in [5.74, 6) is -0.0298. The van der Waals surface area contributed by atoms with E-state index < -0.39 is 6.10 Å². The molecular formula is C11H16BrNO2S. The minimum atomic E-state index is -0.509. The van der Waals surface area contributed by atoms with E-state index in [-0.39, 0.29) is 11.9 Å². The van der Waals surface area contributed by atoms with Crippen molar-refractivity contribution in [3.8, 4) is 0 Å². The van der Waals surface area contributed by atoms with Crippen molar-refractivity contribution in [2.45, 2.75) is 32.9 Å². The zero-order valence-corrected chi connectivity index (χ0v) is 12.0. The monoisotopic (exact) mass is 305 g/mol. The highest BCUT2D eigenvalue weighted by atomic mass is 79.9. The van der Waals surface area contributed by atoms with E-state index >= 15 is 0 Å². The summed E-state index contributed by atoms with van der Waals surface area (Å²) in [6.07, 6.45) is -0.509. The second-order valence-electron chi connectivity index (χ2n) is 4.00. The lowest BCUT2D eigenvalue weighted by Crippen LogP contribution is -2.41. The maximum atomic E-state index is 12.2. The van der Waals surface area contributed by atoms with Gasteiger partial charge < -0.3 is 10.0 Å². The molecule has 0 aliphatic heterocycles. The molecule has 3 nitrogen and oxygen atoms in total. The third kappa shape index (κ3) is 3.30. The molecule has 1 aromatic heterocycles.